The summed E-state index contributed by atoms with van der Waals surface area (Å²) in [6.45, 7) is 0. The van der Waals surface area contributed by atoms with Gasteiger partial charge in [-0.15, -0.1) is 0 Å². The van der Waals surface area contributed by atoms with E-state index in [2.05, 4.69) is 25.3 Å². The molecular weight excluding hydrogens is 370 g/mol. The fourth-order valence-electron chi connectivity index (χ4n) is 3.27. The number of imidazole rings is 1. The first-order valence-electron chi connectivity index (χ1n) is 8.75. The first kappa shape index (κ1) is 16.8. The summed E-state index contributed by atoms with van der Waals surface area (Å²) in [6.07, 6.45) is 4.48. The van der Waals surface area contributed by atoms with E-state index in [1.54, 1.807) is 16.8 Å². The minimum absolute atomic E-state index is 0.0796. The van der Waals surface area contributed by atoms with Gasteiger partial charge in [-0.3, -0.25) is 19.7 Å². The highest BCUT2D eigenvalue weighted by atomic mass is 16.6. The van der Waals surface area contributed by atoms with Crippen molar-refractivity contribution in [3.8, 4) is 5.82 Å². The Bertz CT molecular complexity index is 1370. The van der Waals surface area contributed by atoms with Crippen molar-refractivity contribution in [3.05, 3.63) is 83.6 Å². The molecule has 0 radical (unpaired) electrons. The maximum atomic E-state index is 12.0. The van der Waals surface area contributed by atoms with Crippen molar-refractivity contribution in [1.29, 1.82) is 0 Å². The third-order valence-electron chi connectivity index (χ3n) is 4.55. The lowest BCUT2D eigenvalue weighted by atomic mass is 10.2. The number of para-hydroxylation sites is 3. The minimum atomic E-state index is -0.495. The third kappa shape index (κ3) is 2.81. The van der Waals surface area contributed by atoms with Gasteiger partial charge < -0.3 is 5.32 Å². The first-order valence-corrected chi connectivity index (χ1v) is 8.75. The Hall–Kier alpha value is -4.40. The van der Waals surface area contributed by atoms with Gasteiger partial charge in [-0.25, -0.2) is 15.0 Å². The molecule has 0 amide bonds. The fraction of sp³-hybridized carbons (Fsp3) is 0. The molecule has 9 heteroatoms. The van der Waals surface area contributed by atoms with Crippen LogP contribution >= 0.6 is 0 Å². The van der Waals surface area contributed by atoms with Gasteiger partial charge in [0.2, 0.25) is 11.6 Å². The second-order valence-electron chi connectivity index (χ2n) is 6.26. The minimum Gasteiger partial charge on any atom is -0.332 e. The van der Waals surface area contributed by atoms with E-state index in [0.717, 1.165) is 5.39 Å². The third-order valence-corrected chi connectivity index (χ3v) is 4.55. The molecule has 3 heterocycles. The van der Waals surface area contributed by atoms with Crippen molar-refractivity contribution >= 4 is 39.1 Å². The molecule has 140 valence electrons. The molecule has 0 aliphatic rings. The van der Waals surface area contributed by atoms with E-state index in [0.29, 0.717) is 22.2 Å². The molecule has 1 N–H and O–H groups in total. The first-order chi connectivity index (χ1) is 14.2. The standard InChI is InChI=1S/C20H13N7O2/c28-27(29)18-19(25-15-8-3-5-13-6-4-10-21-17(13)15)22-11-23-20(18)26-12-24-14-7-1-2-9-16(14)26/h1-12H,(H,22,23,25). The number of nitrogens with zero attached hydrogens (tertiary/aromatic N) is 6. The van der Waals surface area contributed by atoms with Crippen molar-refractivity contribution in [2.24, 2.45) is 0 Å². The van der Waals surface area contributed by atoms with E-state index < -0.39 is 4.92 Å². The molecule has 0 bridgehead atoms. The molecule has 2 aromatic carbocycles. The molecule has 0 aliphatic carbocycles. The maximum Gasteiger partial charge on any atom is 0.354 e. The molecule has 5 aromatic rings. The molecule has 0 atom stereocenters. The second kappa shape index (κ2) is 6.64. The van der Waals surface area contributed by atoms with Gasteiger partial charge >= 0.3 is 5.69 Å². The predicted octanol–water partition coefficient (Wildman–Crippen LogP) is 4.02. The van der Waals surface area contributed by atoms with Gasteiger partial charge in [-0.2, -0.15) is 0 Å². The summed E-state index contributed by atoms with van der Waals surface area (Å²) >= 11 is 0. The van der Waals surface area contributed by atoms with Crippen LogP contribution in [0, 0.1) is 10.1 Å². The normalized spacial score (nSPS) is 11.0. The van der Waals surface area contributed by atoms with E-state index in [-0.39, 0.29) is 17.3 Å². The van der Waals surface area contributed by atoms with E-state index >= 15 is 0 Å². The van der Waals surface area contributed by atoms with Gasteiger partial charge in [0, 0.05) is 11.6 Å². The molecule has 5 rings (SSSR count). The number of pyridine rings is 1. The average molecular weight is 383 g/mol. The number of hydrogen-bond donors (Lipinski definition) is 1. The molecule has 9 nitrogen and oxygen atoms in total. The van der Waals surface area contributed by atoms with Crippen molar-refractivity contribution in [2.45, 2.75) is 0 Å². The maximum absolute atomic E-state index is 12.0. The summed E-state index contributed by atoms with van der Waals surface area (Å²) in [5, 5.41) is 15.9. The number of benzene rings is 2. The zero-order valence-corrected chi connectivity index (χ0v) is 14.9. The molecule has 0 spiro atoms. The molecule has 29 heavy (non-hydrogen) atoms. The topological polar surface area (TPSA) is 112 Å². The summed E-state index contributed by atoms with van der Waals surface area (Å²) < 4.78 is 1.58. The lowest BCUT2D eigenvalue weighted by molar-refractivity contribution is -0.384. The second-order valence-corrected chi connectivity index (χ2v) is 6.26. The summed E-state index contributed by atoms with van der Waals surface area (Å²) in [4.78, 5) is 28.4. The Morgan fingerprint density at radius 2 is 1.79 bits per heavy atom. The molecule has 0 aliphatic heterocycles. The predicted molar refractivity (Wildman–Crippen MR) is 108 cm³/mol. The van der Waals surface area contributed by atoms with E-state index in [4.69, 9.17) is 0 Å². The fourth-order valence-corrected chi connectivity index (χ4v) is 3.27. The van der Waals surface area contributed by atoms with Crippen LogP contribution in [0.25, 0.3) is 27.8 Å². The van der Waals surface area contributed by atoms with Gasteiger partial charge in [0.1, 0.15) is 12.7 Å². The lowest BCUT2D eigenvalue weighted by Crippen LogP contribution is -2.07. The van der Waals surface area contributed by atoms with Gasteiger partial charge in [-0.1, -0.05) is 30.3 Å². The van der Waals surface area contributed by atoms with Gasteiger partial charge in [0.15, 0.2) is 0 Å². The number of rotatable bonds is 4. The summed E-state index contributed by atoms with van der Waals surface area (Å²) in [5.74, 6) is 0.213. The highest BCUT2D eigenvalue weighted by molar-refractivity contribution is 5.92. The van der Waals surface area contributed by atoms with Crippen LogP contribution in [0.3, 0.4) is 0 Å². The SMILES string of the molecule is O=[N+]([O-])c1c(Nc2cccc3cccnc23)ncnc1-n1cnc2ccccc21. The Labute approximate surface area is 163 Å². The van der Waals surface area contributed by atoms with E-state index in [1.165, 1.54) is 12.7 Å². The van der Waals surface area contributed by atoms with Crippen LogP contribution in [-0.4, -0.2) is 29.4 Å². The quantitative estimate of drug-likeness (QED) is 0.368. The van der Waals surface area contributed by atoms with Crippen molar-refractivity contribution in [3.63, 3.8) is 0 Å². The highest BCUT2D eigenvalue weighted by Crippen LogP contribution is 2.33. The summed E-state index contributed by atoms with van der Waals surface area (Å²) in [7, 11) is 0. The molecular formula is C20H13N7O2. The Morgan fingerprint density at radius 1 is 0.931 bits per heavy atom. The zero-order valence-electron chi connectivity index (χ0n) is 14.9. The summed E-state index contributed by atoms with van der Waals surface area (Å²) in [6, 6.07) is 16.7. The number of aromatic nitrogens is 5. The van der Waals surface area contributed by atoms with Crippen LogP contribution in [0.1, 0.15) is 0 Å². The Morgan fingerprint density at radius 3 is 2.69 bits per heavy atom. The number of nitro groups is 1. The monoisotopic (exact) mass is 383 g/mol. The Kier molecular flexibility index (Phi) is 3.84. The number of nitrogens with one attached hydrogen (secondary N) is 1. The number of fused-ring (bicyclic) bond motifs is 2. The van der Waals surface area contributed by atoms with Gasteiger partial charge in [0.25, 0.3) is 0 Å². The molecule has 0 unspecified atom stereocenters. The summed E-state index contributed by atoms with van der Waals surface area (Å²) in [5.41, 5.74) is 2.49. The lowest BCUT2D eigenvalue weighted by Gasteiger charge is -2.11. The zero-order chi connectivity index (χ0) is 19.8. The van der Waals surface area contributed by atoms with Crippen molar-refractivity contribution < 1.29 is 4.92 Å². The molecule has 3 aromatic heterocycles. The van der Waals surface area contributed by atoms with Crippen LogP contribution in [0.4, 0.5) is 17.2 Å². The highest BCUT2D eigenvalue weighted by Gasteiger charge is 2.26. The van der Waals surface area contributed by atoms with E-state index in [9.17, 15) is 10.1 Å². The average Bonchev–Trinajstić information content (AvgIpc) is 3.18. The molecule has 0 fully saturated rings. The van der Waals surface area contributed by atoms with Crippen molar-refractivity contribution in [2.75, 3.05) is 5.32 Å². The van der Waals surface area contributed by atoms with Crippen LogP contribution in [0.5, 0.6) is 0 Å². The van der Waals surface area contributed by atoms with Crippen LogP contribution in [0.15, 0.2) is 73.4 Å². The smallest absolute Gasteiger partial charge is 0.332 e. The molecule has 0 saturated heterocycles. The van der Waals surface area contributed by atoms with Crippen LogP contribution in [-0.2, 0) is 0 Å². The number of hydrogen-bond acceptors (Lipinski definition) is 7. The van der Waals surface area contributed by atoms with Gasteiger partial charge in [-0.05, 0) is 24.3 Å². The van der Waals surface area contributed by atoms with Crippen molar-refractivity contribution in [1.82, 2.24) is 24.5 Å². The number of anilines is 2. The Balaban J connectivity index is 1.68. The largest absolute Gasteiger partial charge is 0.354 e. The van der Waals surface area contributed by atoms with Gasteiger partial charge in [0.05, 0.1) is 27.2 Å². The van der Waals surface area contributed by atoms with E-state index in [1.807, 2.05) is 48.5 Å². The molecule has 0 saturated carbocycles. The van der Waals surface area contributed by atoms with Crippen LogP contribution < -0.4 is 5.32 Å². The van der Waals surface area contributed by atoms with Crippen LogP contribution in [0.2, 0.25) is 0 Å².